The minimum Gasteiger partial charge on any atom is -0.490 e. The maximum Gasteiger partial charge on any atom is 0.320 e. The van der Waals surface area contributed by atoms with Gasteiger partial charge in [0.05, 0.1) is 17.7 Å². The van der Waals surface area contributed by atoms with Crippen LogP contribution in [0.15, 0.2) is 16.6 Å². The Morgan fingerprint density at radius 2 is 2.10 bits per heavy atom. The standard InChI is InChI=1S/C15H20BrNO4/c1-9(2)13(15(18)19)17-8-10-6-11(16)14-12(7-10)20-4-3-5-21-14/h6-7,9,13,17H,3-5,8H2,1-2H3,(H,18,19)/t13-/m0/s1. The van der Waals surface area contributed by atoms with Gasteiger partial charge in [-0.25, -0.2) is 0 Å². The quantitative estimate of drug-likeness (QED) is 0.847. The van der Waals surface area contributed by atoms with Crippen molar-refractivity contribution in [2.24, 2.45) is 5.92 Å². The number of rotatable bonds is 5. The number of ether oxygens (including phenoxy) is 2. The van der Waals surface area contributed by atoms with E-state index in [1.54, 1.807) is 0 Å². The van der Waals surface area contributed by atoms with E-state index in [1.165, 1.54) is 0 Å². The Hall–Kier alpha value is -1.27. The van der Waals surface area contributed by atoms with Crippen molar-refractivity contribution in [1.82, 2.24) is 5.32 Å². The van der Waals surface area contributed by atoms with Crippen LogP contribution in [0.5, 0.6) is 11.5 Å². The maximum atomic E-state index is 11.2. The van der Waals surface area contributed by atoms with E-state index >= 15 is 0 Å². The first-order valence-corrected chi connectivity index (χ1v) is 7.82. The molecule has 0 aliphatic carbocycles. The summed E-state index contributed by atoms with van der Waals surface area (Å²) in [5.41, 5.74) is 0.957. The molecule has 1 aromatic rings. The molecule has 0 radical (unpaired) electrons. The molecule has 5 nitrogen and oxygen atoms in total. The topological polar surface area (TPSA) is 67.8 Å². The van der Waals surface area contributed by atoms with Crippen molar-refractivity contribution in [2.45, 2.75) is 32.9 Å². The van der Waals surface area contributed by atoms with Crippen LogP contribution in [0.2, 0.25) is 0 Å². The van der Waals surface area contributed by atoms with Crippen LogP contribution in [0.25, 0.3) is 0 Å². The van der Waals surface area contributed by atoms with Crippen molar-refractivity contribution >= 4 is 21.9 Å². The summed E-state index contributed by atoms with van der Waals surface area (Å²) in [4.78, 5) is 11.2. The molecule has 2 rings (SSSR count). The molecule has 1 atom stereocenters. The highest BCUT2D eigenvalue weighted by atomic mass is 79.9. The fraction of sp³-hybridized carbons (Fsp3) is 0.533. The van der Waals surface area contributed by atoms with E-state index in [-0.39, 0.29) is 5.92 Å². The van der Waals surface area contributed by atoms with E-state index in [0.717, 1.165) is 22.2 Å². The average Bonchev–Trinajstić information content (AvgIpc) is 2.63. The Balaban J connectivity index is 2.12. The molecule has 0 amide bonds. The number of nitrogens with one attached hydrogen (secondary N) is 1. The lowest BCUT2D eigenvalue weighted by Crippen LogP contribution is -2.40. The van der Waals surface area contributed by atoms with E-state index in [9.17, 15) is 9.90 Å². The van der Waals surface area contributed by atoms with Gasteiger partial charge in [-0.05, 0) is 39.5 Å². The van der Waals surface area contributed by atoms with Crippen molar-refractivity contribution in [3.63, 3.8) is 0 Å². The molecule has 0 spiro atoms. The Morgan fingerprint density at radius 3 is 2.76 bits per heavy atom. The van der Waals surface area contributed by atoms with Crippen LogP contribution in [0.4, 0.5) is 0 Å². The van der Waals surface area contributed by atoms with E-state index in [0.29, 0.717) is 25.5 Å². The molecular weight excluding hydrogens is 338 g/mol. The summed E-state index contributed by atoms with van der Waals surface area (Å²) in [7, 11) is 0. The zero-order valence-electron chi connectivity index (χ0n) is 12.2. The molecule has 1 aromatic carbocycles. The summed E-state index contributed by atoms with van der Waals surface area (Å²) in [5, 5.41) is 12.3. The van der Waals surface area contributed by atoms with Gasteiger partial charge >= 0.3 is 5.97 Å². The van der Waals surface area contributed by atoms with E-state index < -0.39 is 12.0 Å². The third-order valence-electron chi connectivity index (χ3n) is 3.32. The number of fused-ring (bicyclic) bond motifs is 1. The number of benzene rings is 1. The van der Waals surface area contributed by atoms with Gasteiger partial charge in [-0.3, -0.25) is 4.79 Å². The minimum absolute atomic E-state index is 0.0198. The molecule has 1 aliphatic heterocycles. The zero-order valence-corrected chi connectivity index (χ0v) is 13.8. The minimum atomic E-state index is -0.835. The van der Waals surface area contributed by atoms with E-state index in [1.807, 2.05) is 26.0 Å². The molecule has 6 heteroatoms. The lowest BCUT2D eigenvalue weighted by molar-refractivity contribution is -0.140. The van der Waals surface area contributed by atoms with Crippen molar-refractivity contribution in [3.8, 4) is 11.5 Å². The zero-order chi connectivity index (χ0) is 15.4. The van der Waals surface area contributed by atoms with Gasteiger partial charge in [-0.2, -0.15) is 0 Å². The summed E-state index contributed by atoms with van der Waals surface area (Å²) in [6.07, 6.45) is 0.850. The normalized spacial score (nSPS) is 15.6. The Bertz CT molecular complexity index is 519. The second-order valence-electron chi connectivity index (χ2n) is 5.40. The number of hydrogen-bond donors (Lipinski definition) is 2. The summed E-state index contributed by atoms with van der Waals surface area (Å²) in [5.74, 6) is 0.606. The molecule has 2 N–H and O–H groups in total. The van der Waals surface area contributed by atoms with Crippen molar-refractivity contribution in [2.75, 3.05) is 13.2 Å². The number of carboxylic acids is 1. The largest absolute Gasteiger partial charge is 0.490 e. The Labute approximate surface area is 132 Å². The van der Waals surface area contributed by atoms with Gasteiger partial charge in [-0.15, -0.1) is 0 Å². The van der Waals surface area contributed by atoms with E-state index in [2.05, 4.69) is 21.2 Å². The number of halogens is 1. The molecule has 0 saturated heterocycles. The maximum absolute atomic E-state index is 11.2. The summed E-state index contributed by atoms with van der Waals surface area (Å²) >= 11 is 3.48. The van der Waals surface area contributed by atoms with Crippen LogP contribution in [0, 0.1) is 5.92 Å². The van der Waals surface area contributed by atoms with Crippen molar-refractivity contribution < 1.29 is 19.4 Å². The van der Waals surface area contributed by atoms with Gasteiger partial charge in [0.2, 0.25) is 0 Å². The second-order valence-corrected chi connectivity index (χ2v) is 6.25. The first-order valence-electron chi connectivity index (χ1n) is 7.03. The summed E-state index contributed by atoms with van der Waals surface area (Å²) in [6, 6.07) is 3.26. The highest BCUT2D eigenvalue weighted by Crippen LogP contribution is 2.38. The molecular formula is C15H20BrNO4. The molecule has 1 aliphatic rings. The van der Waals surface area contributed by atoms with Gasteiger partial charge in [0, 0.05) is 13.0 Å². The van der Waals surface area contributed by atoms with Crippen LogP contribution in [0.1, 0.15) is 25.8 Å². The van der Waals surface area contributed by atoms with Crippen LogP contribution in [0.3, 0.4) is 0 Å². The molecule has 116 valence electrons. The number of carbonyl (C=O) groups is 1. The predicted octanol–water partition coefficient (Wildman–Crippen LogP) is 2.81. The Kier molecular flexibility index (Phi) is 5.47. The van der Waals surface area contributed by atoms with Gasteiger partial charge in [0.25, 0.3) is 0 Å². The number of carboxylic acid groups (broad SMARTS) is 1. The van der Waals surface area contributed by atoms with Gasteiger partial charge < -0.3 is 19.9 Å². The van der Waals surface area contributed by atoms with Crippen molar-refractivity contribution in [1.29, 1.82) is 0 Å². The molecule has 0 bridgehead atoms. The highest BCUT2D eigenvalue weighted by Gasteiger charge is 2.21. The van der Waals surface area contributed by atoms with Crippen LogP contribution < -0.4 is 14.8 Å². The number of hydrogen-bond acceptors (Lipinski definition) is 4. The average molecular weight is 358 g/mol. The van der Waals surface area contributed by atoms with Crippen LogP contribution in [-0.2, 0) is 11.3 Å². The predicted molar refractivity (Wildman–Crippen MR) is 82.9 cm³/mol. The third kappa shape index (κ3) is 4.11. The third-order valence-corrected chi connectivity index (χ3v) is 3.91. The summed E-state index contributed by atoms with van der Waals surface area (Å²) in [6.45, 7) is 5.49. The molecule has 0 fully saturated rings. The first kappa shape index (κ1) is 16.1. The molecule has 0 saturated carbocycles. The highest BCUT2D eigenvalue weighted by molar-refractivity contribution is 9.10. The molecule has 21 heavy (non-hydrogen) atoms. The smallest absolute Gasteiger partial charge is 0.320 e. The lowest BCUT2D eigenvalue weighted by Gasteiger charge is -2.18. The molecule has 1 heterocycles. The van der Waals surface area contributed by atoms with E-state index in [4.69, 9.17) is 9.47 Å². The first-order chi connectivity index (χ1) is 9.99. The van der Waals surface area contributed by atoms with Gasteiger partial charge in [0.15, 0.2) is 11.5 Å². The van der Waals surface area contributed by atoms with Gasteiger partial charge in [0.1, 0.15) is 6.04 Å². The number of aliphatic carboxylic acids is 1. The fourth-order valence-corrected chi connectivity index (χ4v) is 2.83. The fourth-order valence-electron chi connectivity index (χ4n) is 2.22. The summed E-state index contributed by atoms with van der Waals surface area (Å²) < 4.78 is 12.2. The van der Waals surface area contributed by atoms with Crippen molar-refractivity contribution in [3.05, 3.63) is 22.2 Å². The SMILES string of the molecule is CC(C)[C@H](NCc1cc(Br)c2c(c1)OCCCO2)C(=O)O. The van der Waals surface area contributed by atoms with Crippen LogP contribution in [-0.4, -0.2) is 30.3 Å². The molecule has 0 unspecified atom stereocenters. The second kappa shape index (κ2) is 7.13. The monoisotopic (exact) mass is 357 g/mol. The molecule has 0 aromatic heterocycles. The van der Waals surface area contributed by atoms with Gasteiger partial charge in [-0.1, -0.05) is 13.8 Å². The van der Waals surface area contributed by atoms with Crippen LogP contribution >= 0.6 is 15.9 Å². The Morgan fingerprint density at radius 1 is 1.38 bits per heavy atom. The lowest BCUT2D eigenvalue weighted by atomic mass is 10.0.